The molecule has 1 N–H and O–H groups in total. The summed E-state index contributed by atoms with van der Waals surface area (Å²) in [7, 11) is 1.84. The average Bonchev–Trinajstić information content (AvgIpc) is 3.27. The lowest BCUT2D eigenvalue weighted by Gasteiger charge is -2.24. The van der Waals surface area contributed by atoms with Crippen LogP contribution in [0.3, 0.4) is 0 Å². The summed E-state index contributed by atoms with van der Waals surface area (Å²) >= 11 is 0. The third-order valence-corrected chi connectivity index (χ3v) is 4.61. The number of aromatic nitrogens is 1. The molecule has 1 saturated carbocycles. The van der Waals surface area contributed by atoms with Crippen LogP contribution in [0.25, 0.3) is 0 Å². The van der Waals surface area contributed by atoms with Gasteiger partial charge in [-0.1, -0.05) is 42.4 Å². The third kappa shape index (κ3) is 3.09. The van der Waals surface area contributed by atoms with E-state index in [0.717, 1.165) is 12.8 Å². The minimum absolute atomic E-state index is 0.116. The number of hydrogen-bond donors (Lipinski definition) is 1. The van der Waals surface area contributed by atoms with Gasteiger partial charge in [0, 0.05) is 25.4 Å². The lowest BCUT2D eigenvalue weighted by Crippen LogP contribution is -2.37. The summed E-state index contributed by atoms with van der Waals surface area (Å²) < 4.78 is 5.22. The highest BCUT2D eigenvalue weighted by atomic mass is 16.5. The van der Waals surface area contributed by atoms with Crippen molar-refractivity contribution in [3.63, 3.8) is 0 Å². The number of nitrogens with one attached hydrogen (secondary N) is 1. The molecule has 0 radical (unpaired) electrons. The SMILES string of the molecule is CCc1onc(C)c1NC(=O)N(C)CC1(c2ccccc2)CC1. The van der Waals surface area contributed by atoms with Gasteiger partial charge in [0.2, 0.25) is 0 Å². The number of likely N-dealkylation sites (N-methyl/N-ethyl adjacent to an activating group) is 1. The molecule has 1 aliphatic carbocycles. The van der Waals surface area contributed by atoms with E-state index in [9.17, 15) is 4.79 Å². The number of amides is 2. The van der Waals surface area contributed by atoms with Crippen molar-refractivity contribution in [2.45, 2.75) is 38.5 Å². The van der Waals surface area contributed by atoms with E-state index in [1.807, 2.05) is 27.0 Å². The van der Waals surface area contributed by atoms with E-state index in [1.165, 1.54) is 5.56 Å². The zero-order valence-corrected chi connectivity index (χ0v) is 13.9. The largest absolute Gasteiger partial charge is 0.359 e. The Hall–Kier alpha value is -2.30. The molecule has 2 amide bonds. The molecule has 0 bridgehead atoms. The fourth-order valence-corrected chi connectivity index (χ4v) is 3.03. The van der Waals surface area contributed by atoms with Gasteiger partial charge in [-0.05, 0) is 25.3 Å². The summed E-state index contributed by atoms with van der Waals surface area (Å²) in [6, 6.07) is 10.3. The highest BCUT2D eigenvalue weighted by molar-refractivity contribution is 5.90. The number of urea groups is 1. The van der Waals surface area contributed by atoms with E-state index < -0.39 is 0 Å². The maximum atomic E-state index is 12.5. The summed E-state index contributed by atoms with van der Waals surface area (Å²) in [5.41, 5.74) is 2.85. The third-order valence-electron chi connectivity index (χ3n) is 4.61. The van der Waals surface area contributed by atoms with Crippen LogP contribution >= 0.6 is 0 Å². The van der Waals surface area contributed by atoms with E-state index in [1.54, 1.807) is 4.90 Å². The number of nitrogens with zero attached hydrogens (tertiary/aromatic N) is 2. The van der Waals surface area contributed by atoms with Gasteiger partial charge in [0.25, 0.3) is 0 Å². The van der Waals surface area contributed by atoms with E-state index in [0.29, 0.717) is 30.1 Å². The molecule has 0 aliphatic heterocycles. The molecular formula is C18H23N3O2. The number of benzene rings is 1. The molecule has 5 heteroatoms. The van der Waals surface area contributed by atoms with E-state index >= 15 is 0 Å². The number of rotatable bonds is 5. The van der Waals surface area contributed by atoms with Crippen molar-refractivity contribution >= 4 is 11.7 Å². The van der Waals surface area contributed by atoms with Crippen LogP contribution in [0.1, 0.15) is 36.8 Å². The van der Waals surface area contributed by atoms with Crippen LogP contribution in [-0.4, -0.2) is 29.7 Å². The summed E-state index contributed by atoms with van der Waals surface area (Å²) in [4.78, 5) is 14.3. The summed E-state index contributed by atoms with van der Waals surface area (Å²) in [5, 5.41) is 6.87. The van der Waals surface area contributed by atoms with Crippen molar-refractivity contribution in [1.29, 1.82) is 0 Å². The van der Waals surface area contributed by atoms with Crippen molar-refractivity contribution in [2.24, 2.45) is 0 Å². The number of carbonyl (C=O) groups is 1. The smallest absolute Gasteiger partial charge is 0.321 e. The molecule has 2 aromatic rings. The van der Waals surface area contributed by atoms with Gasteiger partial charge >= 0.3 is 6.03 Å². The van der Waals surface area contributed by atoms with Gasteiger partial charge in [-0.25, -0.2) is 4.79 Å². The number of anilines is 1. The second kappa shape index (κ2) is 6.07. The topological polar surface area (TPSA) is 58.4 Å². The first kappa shape index (κ1) is 15.6. The molecule has 5 nitrogen and oxygen atoms in total. The Morgan fingerprint density at radius 1 is 1.35 bits per heavy atom. The Morgan fingerprint density at radius 3 is 2.65 bits per heavy atom. The van der Waals surface area contributed by atoms with Crippen LogP contribution in [0.5, 0.6) is 0 Å². The Kier molecular flexibility index (Phi) is 4.11. The minimum Gasteiger partial charge on any atom is -0.359 e. The molecule has 0 unspecified atom stereocenters. The van der Waals surface area contributed by atoms with Gasteiger partial charge in [-0.3, -0.25) is 0 Å². The Morgan fingerprint density at radius 2 is 2.04 bits per heavy atom. The van der Waals surface area contributed by atoms with Gasteiger partial charge in [0.15, 0.2) is 5.76 Å². The Labute approximate surface area is 136 Å². The fraction of sp³-hybridized carbons (Fsp3) is 0.444. The summed E-state index contributed by atoms with van der Waals surface area (Å²) in [6.07, 6.45) is 2.95. The standard InChI is InChI=1S/C18H23N3O2/c1-4-15-16(13(2)20-23-15)19-17(22)21(3)12-18(10-11-18)14-8-6-5-7-9-14/h5-9H,4,10-12H2,1-3H3,(H,19,22). The molecule has 1 aromatic carbocycles. The second-order valence-corrected chi connectivity index (χ2v) is 6.35. The van der Waals surface area contributed by atoms with E-state index in [2.05, 4.69) is 34.7 Å². The van der Waals surface area contributed by atoms with Gasteiger partial charge in [0.05, 0.1) is 0 Å². The van der Waals surface area contributed by atoms with Crippen molar-refractivity contribution in [3.05, 3.63) is 47.3 Å². The molecule has 1 aromatic heterocycles. The zero-order chi connectivity index (χ0) is 16.4. The van der Waals surface area contributed by atoms with Crippen LogP contribution in [0, 0.1) is 6.92 Å². The molecular weight excluding hydrogens is 290 g/mol. The molecule has 122 valence electrons. The Balaban J connectivity index is 1.68. The van der Waals surface area contributed by atoms with E-state index in [4.69, 9.17) is 4.52 Å². The van der Waals surface area contributed by atoms with Crippen molar-refractivity contribution in [1.82, 2.24) is 10.1 Å². The van der Waals surface area contributed by atoms with Crippen molar-refractivity contribution in [3.8, 4) is 0 Å². The molecule has 23 heavy (non-hydrogen) atoms. The number of hydrogen-bond acceptors (Lipinski definition) is 3. The van der Waals surface area contributed by atoms with Gasteiger partial charge in [-0.2, -0.15) is 0 Å². The highest BCUT2D eigenvalue weighted by Gasteiger charge is 2.45. The zero-order valence-electron chi connectivity index (χ0n) is 13.9. The highest BCUT2D eigenvalue weighted by Crippen LogP contribution is 2.48. The maximum Gasteiger partial charge on any atom is 0.321 e. The molecule has 0 saturated heterocycles. The average molecular weight is 313 g/mol. The van der Waals surface area contributed by atoms with Crippen LogP contribution in [-0.2, 0) is 11.8 Å². The monoisotopic (exact) mass is 313 g/mol. The summed E-state index contributed by atoms with van der Waals surface area (Å²) in [5.74, 6) is 0.716. The molecule has 3 rings (SSSR count). The first-order valence-electron chi connectivity index (χ1n) is 8.08. The van der Waals surface area contributed by atoms with Crippen LogP contribution < -0.4 is 5.32 Å². The van der Waals surface area contributed by atoms with Gasteiger partial charge in [-0.15, -0.1) is 0 Å². The minimum atomic E-state index is -0.117. The lowest BCUT2D eigenvalue weighted by atomic mass is 9.95. The fourth-order valence-electron chi connectivity index (χ4n) is 3.03. The molecule has 1 aliphatic rings. The number of carbonyl (C=O) groups excluding carboxylic acids is 1. The van der Waals surface area contributed by atoms with Gasteiger partial charge in [0.1, 0.15) is 11.4 Å². The first-order valence-corrected chi connectivity index (χ1v) is 8.08. The normalized spacial score (nSPS) is 15.3. The van der Waals surface area contributed by atoms with Crippen LogP contribution in [0.2, 0.25) is 0 Å². The quantitative estimate of drug-likeness (QED) is 0.914. The molecule has 0 spiro atoms. The molecule has 1 fully saturated rings. The number of aryl methyl sites for hydroxylation is 2. The Bertz CT molecular complexity index is 690. The van der Waals surface area contributed by atoms with Crippen molar-refractivity contribution < 1.29 is 9.32 Å². The van der Waals surface area contributed by atoms with Crippen LogP contribution in [0.15, 0.2) is 34.9 Å². The van der Waals surface area contributed by atoms with Gasteiger partial charge < -0.3 is 14.7 Å². The predicted molar refractivity (Wildman–Crippen MR) is 89.6 cm³/mol. The second-order valence-electron chi connectivity index (χ2n) is 6.35. The van der Waals surface area contributed by atoms with E-state index in [-0.39, 0.29) is 11.4 Å². The van der Waals surface area contributed by atoms with Crippen LogP contribution in [0.4, 0.5) is 10.5 Å². The maximum absolute atomic E-state index is 12.5. The molecule has 1 heterocycles. The lowest BCUT2D eigenvalue weighted by molar-refractivity contribution is 0.218. The van der Waals surface area contributed by atoms with Crippen molar-refractivity contribution in [2.75, 3.05) is 18.9 Å². The summed E-state index contributed by atoms with van der Waals surface area (Å²) in [6.45, 7) is 4.53. The predicted octanol–water partition coefficient (Wildman–Crippen LogP) is 3.74. The first-order chi connectivity index (χ1) is 11.1. The molecule has 0 atom stereocenters.